The van der Waals surface area contributed by atoms with Crippen LogP contribution in [0.1, 0.15) is 12.5 Å². The smallest absolute Gasteiger partial charge is 0.259 e. The van der Waals surface area contributed by atoms with Gasteiger partial charge in [-0.1, -0.05) is 18.7 Å². The van der Waals surface area contributed by atoms with Crippen LogP contribution in [0, 0.1) is 0 Å². The fourth-order valence-corrected chi connectivity index (χ4v) is 2.41. The molecule has 0 saturated heterocycles. The normalized spacial score (nSPS) is 14.5. The van der Waals surface area contributed by atoms with E-state index in [0.29, 0.717) is 17.8 Å². The Morgan fingerprint density at radius 2 is 2.46 bits per heavy atom. The molecular weight excluding hydrogens is 186 g/mol. The molecule has 0 aliphatic carbocycles. The molecule has 2 N–H and O–H groups in total. The summed E-state index contributed by atoms with van der Waals surface area (Å²) in [6.07, 6.45) is 0.655. The second-order valence-corrected chi connectivity index (χ2v) is 3.98. The minimum absolute atomic E-state index is 0.0370. The van der Waals surface area contributed by atoms with Gasteiger partial charge in [-0.15, -0.1) is 0 Å². The number of nitrogens with two attached hydrogens (primary N) is 1. The average molecular weight is 197 g/mol. The van der Waals surface area contributed by atoms with Gasteiger partial charge >= 0.3 is 0 Å². The van der Waals surface area contributed by atoms with E-state index in [2.05, 4.69) is 4.98 Å². The van der Waals surface area contributed by atoms with Gasteiger partial charge in [0.25, 0.3) is 5.56 Å². The molecule has 2 rings (SSSR count). The number of anilines is 1. The van der Waals surface area contributed by atoms with Crippen molar-refractivity contribution in [1.29, 1.82) is 0 Å². The van der Waals surface area contributed by atoms with Gasteiger partial charge in [-0.3, -0.25) is 9.36 Å². The summed E-state index contributed by atoms with van der Waals surface area (Å²) in [6.45, 7) is 2.68. The van der Waals surface area contributed by atoms with Crippen LogP contribution in [0.15, 0.2) is 9.95 Å². The highest BCUT2D eigenvalue weighted by Crippen LogP contribution is 2.22. The zero-order chi connectivity index (χ0) is 9.42. The van der Waals surface area contributed by atoms with E-state index in [0.717, 1.165) is 17.5 Å². The van der Waals surface area contributed by atoms with Crippen LogP contribution in [0.3, 0.4) is 0 Å². The fraction of sp³-hybridized carbons (Fsp3) is 0.500. The maximum absolute atomic E-state index is 11.7. The molecule has 1 aromatic rings. The summed E-state index contributed by atoms with van der Waals surface area (Å²) in [5.74, 6) is 1.32. The van der Waals surface area contributed by atoms with E-state index in [1.165, 1.54) is 0 Å². The van der Waals surface area contributed by atoms with Gasteiger partial charge in [-0.2, -0.15) is 0 Å². The molecule has 0 aromatic carbocycles. The second-order valence-electron chi connectivity index (χ2n) is 2.92. The SMILES string of the molecule is CCc1c(N)nc2n(c1=O)CCS2. The first-order valence-electron chi connectivity index (χ1n) is 4.26. The Labute approximate surface area is 80.2 Å². The minimum Gasteiger partial charge on any atom is -0.383 e. The molecule has 13 heavy (non-hydrogen) atoms. The van der Waals surface area contributed by atoms with Crippen LogP contribution in [0.4, 0.5) is 5.82 Å². The summed E-state index contributed by atoms with van der Waals surface area (Å²) < 4.78 is 1.71. The highest BCUT2D eigenvalue weighted by molar-refractivity contribution is 7.99. The lowest BCUT2D eigenvalue weighted by Gasteiger charge is -2.05. The predicted molar refractivity (Wildman–Crippen MR) is 53.0 cm³/mol. The first-order chi connectivity index (χ1) is 6.24. The van der Waals surface area contributed by atoms with Crippen LogP contribution in [-0.4, -0.2) is 15.3 Å². The molecule has 0 amide bonds. The maximum Gasteiger partial charge on any atom is 0.259 e. The Morgan fingerprint density at radius 1 is 1.69 bits per heavy atom. The number of hydrogen-bond donors (Lipinski definition) is 1. The van der Waals surface area contributed by atoms with E-state index in [1.54, 1.807) is 16.3 Å². The zero-order valence-corrected chi connectivity index (χ0v) is 8.23. The zero-order valence-electron chi connectivity index (χ0n) is 7.41. The van der Waals surface area contributed by atoms with Gasteiger partial charge in [0.15, 0.2) is 5.16 Å². The molecule has 70 valence electrons. The molecule has 0 radical (unpaired) electrons. The van der Waals surface area contributed by atoms with Crippen LogP contribution in [0.5, 0.6) is 0 Å². The van der Waals surface area contributed by atoms with Gasteiger partial charge in [-0.05, 0) is 6.42 Å². The van der Waals surface area contributed by atoms with Gasteiger partial charge in [0.2, 0.25) is 0 Å². The number of fused-ring (bicyclic) bond motifs is 1. The van der Waals surface area contributed by atoms with E-state index in [4.69, 9.17) is 5.73 Å². The van der Waals surface area contributed by atoms with Crippen molar-refractivity contribution in [3.05, 3.63) is 15.9 Å². The summed E-state index contributed by atoms with van der Waals surface area (Å²) in [4.78, 5) is 15.9. The predicted octanol–water partition coefficient (Wildman–Crippen LogP) is 0.494. The molecule has 0 atom stereocenters. The topological polar surface area (TPSA) is 60.9 Å². The van der Waals surface area contributed by atoms with E-state index in [9.17, 15) is 4.79 Å². The Balaban J connectivity index is 2.70. The first kappa shape index (κ1) is 8.62. The van der Waals surface area contributed by atoms with E-state index in [-0.39, 0.29) is 5.56 Å². The van der Waals surface area contributed by atoms with Crippen molar-refractivity contribution in [2.45, 2.75) is 25.0 Å². The van der Waals surface area contributed by atoms with E-state index < -0.39 is 0 Å². The van der Waals surface area contributed by atoms with Crippen LogP contribution >= 0.6 is 11.8 Å². The number of hydrogen-bond acceptors (Lipinski definition) is 4. The van der Waals surface area contributed by atoms with Gasteiger partial charge in [0.05, 0.1) is 5.56 Å². The Bertz CT molecular complexity index is 392. The van der Waals surface area contributed by atoms with Crippen LogP contribution in [0.25, 0.3) is 0 Å². The van der Waals surface area contributed by atoms with Crippen molar-refractivity contribution in [2.75, 3.05) is 11.5 Å². The first-order valence-corrected chi connectivity index (χ1v) is 5.24. The number of nitrogens with zero attached hydrogens (tertiary/aromatic N) is 2. The molecule has 1 aliphatic heterocycles. The molecule has 0 bridgehead atoms. The lowest BCUT2D eigenvalue weighted by molar-refractivity contribution is 0.648. The van der Waals surface area contributed by atoms with Crippen molar-refractivity contribution in [3.8, 4) is 0 Å². The molecule has 0 spiro atoms. The molecular formula is C8H11N3OS. The van der Waals surface area contributed by atoms with E-state index in [1.807, 2.05) is 6.92 Å². The van der Waals surface area contributed by atoms with Crippen LogP contribution in [0.2, 0.25) is 0 Å². The summed E-state index contributed by atoms with van der Waals surface area (Å²) >= 11 is 1.59. The number of nitrogen functional groups attached to an aromatic ring is 1. The standard InChI is InChI=1S/C8H11N3OS/c1-2-5-6(9)10-8-11(7(5)12)3-4-13-8/h2-4,9H2,1H3. The molecule has 0 fully saturated rings. The molecule has 1 aromatic heterocycles. The molecule has 0 unspecified atom stereocenters. The third-order valence-electron chi connectivity index (χ3n) is 2.16. The molecule has 5 heteroatoms. The summed E-state index contributed by atoms with van der Waals surface area (Å²) in [5.41, 5.74) is 6.35. The van der Waals surface area contributed by atoms with Gasteiger partial charge in [0.1, 0.15) is 5.82 Å². The molecule has 0 saturated carbocycles. The third kappa shape index (κ3) is 1.23. The van der Waals surface area contributed by atoms with Crippen molar-refractivity contribution < 1.29 is 0 Å². The number of thioether (sulfide) groups is 1. The van der Waals surface area contributed by atoms with Crippen molar-refractivity contribution in [1.82, 2.24) is 9.55 Å². The lowest BCUT2D eigenvalue weighted by Crippen LogP contribution is -2.25. The van der Waals surface area contributed by atoms with Gasteiger partial charge in [0, 0.05) is 12.3 Å². The summed E-state index contributed by atoms with van der Waals surface area (Å²) in [5, 5.41) is 0.764. The van der Waals surface area contributed by atoms with Crippen LogP contribution < -0.4 is 11.3 Å². The average Bonchev–Trinajstić information content (AvgIpc) is 2.53. The van der Waals surface area contributed by atoms with Gasteiger partial charge in [-0.25, -0.2) is 4.98 Å². The Hall–Kier alpha value is -0.970. The number of rotatable bonds is 1. The largest absolute Gasteiger partial charge is 0.383 e. The van der Waals surface area contributed by atoms with Crippen molar-refractivity contribution in [2.24, 2.45) is 0 Å². The quantitative estimate of drug-likeness (QED) is 0.666. The summed E-state index contributed by atoms with van der Waals surface area (Å²) in [7, 11) is 0. The highest BCUT2D eigenvalue weighted by atomic mass is 32.2. The molecule has 2 heterocycles. The van der Waals surface area contributed by atoms with Crippen molar-refractivity contribution in [3.63, 3.8) is 0 Å². The molecule has 4 nitrogen and oxygen atoms in total. The Kier molecular flexibility index (Phi) is 2.03. The monoisotopic (exact) mass is 197 g/mol. The third-order valence-corrected chi connectivity index (χ3v) is 3.12. The highest BCUT2D eigenvalue weighted by Gasteiger charge is 2.17. The summed E-state index contributed by atoms with van der Waals surface area (Å²) in [6, 6.07) is 0. The Morgan fingerprint density at radius 3 is 3.15 bits per heavy atom. The number of aromatic nitrogens is 2. The molecule has 1 aliphatic rings. The van der Waals surface area contributed by atoms with Crippen molar-refractivity contribution >= 4 is 17.6 Å². The van der Waals surface area contributed by atoms with Gasteiger partial charge < -0.3 is 5.73 Å². The van der Waals surface area contributed by atoms with Crippen LogP contribution in [-0.2, 0) is 13.0 Å². The second kappa shape index (κ2) is 3.06. The van der Waals surface area contributed by atoms with E-state index >= 15 is 0 Å². The minimum atomic E-state index is 0.0370. The maximum atomic E-state index is 11.7. The fourth-order valence-electron chi connectivity index (χ4n) is 1.46. The lowest BCUT2D eigenvalue weighted by atomic mass is 10.2.